The number of aromatic nitrogens is 1. The smallest absolute Gasteiger partial charge is 0.335 e. The van der Waals surface area contributed by atoms with E-state index in [9.17, 15) is 18.8 Å². The molecule has 0 bridgehead atoms. The third-order valence-corrected chi connectivity index (χ3v) is 4.40. The largest absolute Gasteiger partial charge is 0.349 e. The predicted octanol–water partition coefficient (Wildman–Crippen LogP) is 2.93. The van der Waals surface area contributed by atoms with Gasteiger partial charge in [-0.2, -0.15) is 0 Å². The molecule has 4 amide bonds. The first-order valence-electron chi connectivity index (χ1n) is 8.17. The second-order valence-electron chi connectivity index (χ2n) is 6.01. The number of aryl methyl sites for hydroxylation is 1. The van der Waals surface area contributed by atoms with E-state index in [1.165, 1.54) is 24.3 Å². The van der Waals surface area contributed by atoms with Crippen LogP contribution >= 0.6 is 0 Å². The Labute approximate surface area is 149 Å². The first-order valence-corrected chi connectivity index (χ1v) is 8.17. The number of urea groups is 1. The van der Waals surface area contributed by atoms with Crippen LogP contribution in [0.1, 0.15) is 23.9 Å². The Hall–Kier alpha value is -3.22. The van der Waals surface area contributed by atoms with E-state index >= 15 is 0 Å². The molecule has 1 N–H and O–H groups in total. The highest BCUT2D eigenvalue weighted by atomic mass is 19.1. The molecule has 3 rings (SSSR count). The van der Waals surface area contributed by atoms with Gasteiger partial charge < -0.3 is 4.57 Å². The number of anilines is 1. The lowest BCUT2D eigenvalue weighted by Gasteiger charge is -2.26. The molecular weight excluding hydrogens is 337 g/mol. The Morgan fingerprint density at radius 3 is 2.50 bits per heavy atom. The molecule has 0 atom stereocenters. The van der Waals surface area contributed by atoms with Gasteiger partial charge in [0.05, 0.1) is 5.69 Å². The van der Waals surface area contributed by atoms with Gasteiger partial charge in [0, 0.05) is 17.9 Å². The zero-order valence-electron chi connectivity index (χ0n) is 14.7. The number of rotatable bonds is 3. The highest BCUT2D eigenvalue weighted by molar-refractivity contribution is 6.39. The average Bonchev–Trinajstić information content (AvgIpc) is 2.84. The van der Waals surface area contributed by atoms with E-state index in [1.807, 2.05) is 31.4 Å². The van der Waals surface area contributed by atoms with E-state index in [0.717, 1.165) is 34.5 Å². The highest BCUT2D eigenvalue weighted by Crippen LogP contribution is 2.24. The number of hydrogen-bond donors (Lipinski definition) is 1. The standard InChI is InChI=1S/C19H18FN3O3/c1-4-22-11(2)8-13(12(22)3)9-16-17(24)21-19(26)23(18(16)25)15-7-5-6-14(20)10-15/h5-10H,4H2,1-3H3,(H,21,24,26)/b16-9-. The van der Waals surface area contributed by atoms with Crippen LogP contribution in [0.2, 0.25) is 0 Å². The number of nitrogens with one attached hydrogen (secondary N) is 1. The first-order chi connectivity index (χ1) is 12.3. The molecule has 1 aliphatic heterocycles. The van der Waals surface area contributed by atoms with Gasteiger partial charge in [0.15, 0.2) is 0 Å². The van der Waals surface area contributed by atoms with Crippen molar-refractivity contribution in [2.24, 2.45) is 0 Å². The summed E-state index contributed by atoms with van der Waals surface area (Å²) in [6.07, 6.45) is 1.46. The van der Waals surface area contributed by atoms with Gasteiger partial charge in [-0.3, -0.25) is 14.9 Å². The van der Waals surface area contributed by atoms with E-state index in [0.29, 0.717) is 0 Å². The Balaban J connectivity index is 2.06. The number of amides is 4. The topological polar surface area (TPSA) is 71.4 Å². The van der Waals surface area contributed by atoms with Crippen molar-refractivity contribution in [3.05, 3.63) is 58.7 Å². The van der Waals surface area contributed by atoms with Crippen LogP contribution in [-0.4, -0.2) is 22.4 Å². The molecule has 0 spiro atoms. The van der Waals surface area contributed by atoms with Gasteiger partial charge in [-0.25, -0.2) is 14.1 Å². The van der Waals surface area contributed by atoms with E-state index in [1.54, 1.807) is 0 Å². The molecule has 2 aromatic rings. The van der Waals surface area contributed by atoms with Crippen molar-refractivity contribution >= 4 is 29.6 Å². The molecule has 1 aromatic carbocycles. The van der Waals surface area contributed by atoms with Crippen molar-refractivity contribution in [2.45, 2.75) is 27.3 Å². The summed E-state index contributed by atoms with van der Waals surface area (Å²) in [5.41, 5.74) is 2.51. The summed E-state index contributed by atoms with van der Waals surface area (Å²) in [7, 11) is 0. The van der Waals surface area contributed by atoms with Crippen LogP contribution in [0.15, 0.2) is 35.9 Å². The van der Waals surface area contributed by atoms with Crippen molar-refractivity contribution in [3.8, 4) is 0 Å². The molecule has 2 heterocycles. The molecule has 7 heteroatoms. The van der Waals surface area contributed by atoms with E-state index < -0.39 is 23.7 Å². The third kappa shape index (κ3) is 2.92. The third-order valence-electron chi connectivity index (χ3n) is 4.40. The minimum atomic E-state index is -0.901. The number of benzene rings is 1. The Morgan fingerprint density at radius 2 is 1.88 bits per heavy atom. The molecule has 0 saturated carbocycles. The Morgan fingerprint density at radius 1 is 1.15 bits per heavy atom. The molecule has 0 unspecified atom stereocenters. The molecule has 6 nitrogen and oxygen atoms in total. The second kappa shape index (κ2) is 6.59. The quantitative estimate of drug-likeness (QED) is 0.680. The van der Waals surface area contributed by atoms with Gasteiger partial charge in [0.2, 0.25) is 0 Å². The molecule has 26 heavy (non-hydrogen) atoms. The number of hydrogen-bond acceptors (Lipinski definition) is 3. The number of barbiturate groups is 1. The van der Waals surface area contributed by atoms with Crippen LogP contribution in [0.4, 0.5) is 14.9 Å². The maximum absolute atomic E-state index is 13.5. The van der Waals surface area contributed by atoms with Crippen LogP contribution in [0.5, 0.6) is 0 Å². The number of halogens is 1. The minimum Gasteiger partial charge on any atom is -0.349 e. The van der Waals surface area contributed by atoms with Crippen LogP contribution in [0.25, 0.3) is 6.08 Å². The molecule has 0 radical (unpaired) electrons. The zero-order chi connectivity index (χ0) is 19.0. The van der Waals surface area contributed by atoms with Gasteiger partial charge in [-0.15, -0.1) is 0 Å². The molecule has 134 valence electrons. The summed E-state index contributed by atoms with van der Waals surface area (Å²) in [4.78, 5) is 37.9. The molecule has 1 fully saturated rings. The van der Waals surface area contributed by atoms with E-state index in [4.69, 9.17) is 0 Å². The average molecular weight is 355 g/mol. The van der Waals surface area contributed by atoms with Crippen LogP contribution in [-0.2, 0) is 16.1 Å². The summed E-state index contributed by atoms with van der Waals surface area (Å²) >= 11 is 0. The molecular formula is C19H18FN3O3. The predicted molar refractivity (Wildman–Crippen MR) is 95.0 cm³/mol. The fourth-order valence-corrected chi connectivity index (χ4v) is 3.12. The van der Waals surface area contributed by atoms with E-state index in [2.05, 4.69) is 5.32 Å². The SMILES string of the molecule is CCn1c(C)cc(/C=C2/C(=O)NC(=O)N(c3cccc(F)c3)C2=O)c1C. The minimum absolute atomic E-state index is 0.0601. The lowest BCUT2D eigenvalue weighted by Crippen LogP contribution is -2.54. The maximum atomic E-state index is 13.5. The number of carbonyl (C=O) groups excluding carboxylic acids is 3. The van der Waals surface area contributed by atoms with Gasteiger partial charge in [0.25, 0.3) is 11.8 Å². The van der Waals surface area contributed by atoms with Crippen molar-refractivity contribution in [1.29, 1.82) is 0 Å². The van der Waals surface area contributed by atoms with Crippen molar-refractivity contribution < 1.29 is 18.8 Å². The monoisotopic (exact) mass is 355 g/mol. The molecule has 1 saturated heterocycles. The first kappa shape index (κ1) is 17.6. The Kier molecular flexibility index (Phi) is 4.46. The summed E-state index contributed by atoms with van der Waals surface area (Å²) in [5, 5.41) is 2.13. The maximum Gasteiger partial charge on any atom is 0.335 e. The van der Waals surface area contributed by atoms with Gasteiger partial charge in [0.1, 0.15) is 11.4 Å². The molecule has 0 aliphatic carbocycles. The summed E-state index contributed by atoms with van der Waals surface area (Å²) in [5.74, 6) is -2.14. The summed E-state index contributed by atoms with van der Waals surface area (Å²) in [6, 6.07) is 6.05. The number of imide groups is 2. The van der Waals surface area contributed by atoms with Crippen molar-refractivity contribution in [2.75, 3.05) is 4.90 Å². The van der Waals surface area contributed by atoms with Crippen LogP contribution in [0.3, 0.4) is 0 Å². The van der Waals surface area contributed by atoms with Gasteiger partial charge in [-0.05, 0) is 56.7 Å². The van der Waals surface area contributed by atoms with Gasteiger partial charge in [-0.1, -0.05) is 6.07 Å². The fourth-order valence-electron chi connectivity index (χ4n) is 3.12. The highest BCUT2D eigenvalue weighted by Gasteiger charge is 2.37. The van der Waals surface area contributed by atoms with E-state index in [-0.39, 0.29) is 11.3 Å². The normalized spacial score (nSPS) is 16.4. The zero-order valence-corrected chi connectivity index (χ0v) is 14.7. The second-order valence-corrected chi connectivity index (χ2v) is 6.01. The lowest BCUT2D eigenvalue weighted by molar-refractivity contribution is -0.122. The fraction of sp³-hybridized carbons (Fsp3) is 0.211. The lowest BCUT2D eigenvalue weighted by atomic mass is 10.1. The number of carbonyl (C=O) groups is 3. The van der Waals surface area contributed by atoms with Crippen LogP contribution in [0, 0.1) is 19.7 Å². The van der Waals surface area contributed by atoms with Crippen LogP contribution < -0.4 is 10.2 Å². The summed E-state index contributed by atoms with van der Waals surface area (Å²) < 4.78 is 15.5. The summed E-state index contributed by atoms with van der Waals surface area (Å²) in [6.45, 7) is 6.59. The Bertz CT molecular complexity index is 959. The van der Waals surface area contributed by atoms with Gasteiger partial charge >= 0.3 is 6.03 Å². The van der Waals surface area contributed by atoms with Crippen molar-refractivity contribution in [1.82, 2.24) is 9.88 Å². The molecule has 1 aromatic heterocycles. The van der Waals surface area contributed by atoms with Crippen molar-refractivity contribution in [3.63, 3.8) is 0 Å². The molecule has 1 aliphatic rings. The number of nitrogens with zero attached hydrogens (tertiary/aromatic N) is 2.